The van der Waals surface area contributed by atoms with E-state index in [2.05, 4.69) is 22.3 Å². The molecule has 3 N–H and O–H groups in total. The minimum absolute atomic E-state index is 0.0104. The molecule has 0 bridgehead atoms. The summed E-state index contributed by atoms with van der Waals surface area (Å²) in [6.07, 6.45) is 0.993. The first-order valence-corrected chi connectivity index (χ1v) is 9.04. The summed E-state index contributed by atoms with van der Waals surface area (Å²) < 4.78 is 30.9. The number of hydrogen-bond acceptors (Lipinski definition) is 5. The lowest BCUT2D eigenvalue weighted by Gasteiger charge is -2.30. The molecule has 1 fully saturated rings. The third-order valence-corrected chi connectivity index (χ3v) is 4.72. The van der Waals surface area contributed by atoms with Gasteiger partial charge in [0.1, 0.15) is 0 Å². The Kier molecular flexibility index (Phi) is 7.58. The van der Waals surface area contributed by atoms with Crippen LogP contribution in [0.3, 0.4) is 0 Å². The molecule has 2 atom stereocenters. The van der Waals surface area contributed by atoms with Crippen molar-refractivity contribution in [1.82, 2.24) is 15.4 Å². The lowest BCUT2D eigenvalue weighted by Crippen LogP contribution is -2.52. The molecular weight excluding hydrogens is 294 g/mol. The van der Waals surface area contributed by atoms with Crippen molar-refractivity contribution in [3.63, 3.8) is 0 Å². The first-order valence-electron chi connectivity index (χ1n) is 7.39. The minimum Gasteiger partial charge on any atom is -0.378 e. The number of sulfonamides is 1. The van der Waals surface area contributed by atoms with Crippen LogP contribution in [0.25, 0.3) is 0 Å². The van der Waals surface area contributed by atoms with Crippen LogP contribution in [-0.2, 0) is 19.6 Å². The maximum atomic E-state index is 11.8. The SMILES string of the molecule is CC(C)OCCS(=O)(=O)NCC(=O)NC1CNCCC1C. The fourth-order valence-corrected chi connectivity index (χ4v) is 2.89. The maximum absolute atomic E-state index is 11.8. The summed E-state index contributed by atoms with van der Waals surface area (Å²) in [6, 6.07) is 0.0556. The second-order valence-electron chi connectivity index (χ2n) is 5.70. The van der Waals surface area contributed by atoms with Crippen LogP contribution < -0.4 is 15.4 Å². The Morgan fingerprint density at radius 2 is 2.14 bits per heavy atom. The topological polar surface area (TPSA) is 96.5 Å². The zero-order valence-electron chi connectivity index (χ0n) is 13.0. The van der Waals surface area contributed by atoms with E-state index in [4.69, 9.17) is 4.74 Å². The van der Waals surface area contributed by atoms with E-state index in [1.54, 1.807) is 0 Å². The van der Waals surface area contributed by atoms with Gasteiger partial charge in [-0.3, -0.25) is 4.79 Å². The normalized spacial score (nSPS) is 23.2. The van der Waals surface area contributed by atoms with Gasteiger partial charge in [-0.1, -0.05) is 6.92 Å². The molecule has 21 heavy (non-hydrogen) atoms. The summed E-state index contributed by atoms with van der Waals surface area (Å²) >= 11 is 0. The van der Waals surface area contributed by atoms with E-state index in [-0.39, 0.29) is 37.0 Å². The molecule has 0 aliphatic carbocycles. The molecule has 1 rings (SSSR count). The van der Waals surface area contributed by atoms with E-state index in [1.165, 1.54) is 0 Å². The summed E-state index contributed by atoms with van der Waals surface area (Å²) in [4.78, 5) is 11.8. The van der Waals surface area contributed by atoms with Gasteiger partial charge in [-0.15, -0.1) is 0 Å². The van der Waals surface area contributed by atoms with E-state index >= 15 is 0 Å². The Balaban J connectivity index is 2.28. The summed E-state index contributed by atoms with van der Waals surface area (Å²) in [7, 11) is -3.48. The molecule has 1 heterocycles. The van der Waals surface area contributed by atoms with Gasteiger partial charge in [-0.05, 0) is 32.7 Å². The smallest absolute Gasteiger partial charge is 0.235 e. The van der Waals surface area contributed by atoms with Gasteiger partial charge >= 0.3 is 0 Å². The molecule has 1 aliphatic rings. The lowest BCUT2D eigenvalue weighted by atomic mass is 9.95. The number of rotatable bonds is 8. The third-order valence-electron chi connectivity index (χ3n) is 3.43. The van der Waals surface area contributed by atoms with Crippen LogP contribution in [0.1, 0.15) is 27.2 Å². The van der Waals surface area contributed by atoms with Gasteiger partial charge in [0.15, 0.2) is 0 Å². The van der Waals surface area contributed by atoms with E-state index < -0.39 is 10.0 Å². The van der Waals surface area contributed by atoms with Gasteiger partial charge in [0.25, 0.3) is 0 Å². The molecule has 0 aromatic heterocycles. The Hall–Kier alpha value is -0.700. The fourth-order valence-electron chi connectivity index (χ4n) is 2.08. The van der Waals surface area contributed by atoms with Gasteiger partial charge in [0.2, 0.25) is 15.9 Å². The van der Waals surface area contributed by atoms with Gasteiger partial charge in [-0.2, -0.15) is 0 Å². The van der Waals surface area contributed by atoms with Crippen LogP contribution >= 0.6 is 0 Å². The average molecular weight is 321 g/mol. The van der Waals surface area contributed by atoms with Crippen molar-refractivity contribution in [2.45, 2.75) is 39.3 Å². The number of carbonyl (C=O) groups is 1. The second kappa shape index (κ2) is 8.67. The predicted octanol–water partition coefficient (Wildman–Crippen LogP) is -0.555. The van der Waals surface area contributed by atoms with Crippen molar-refractivity contribution in [2.75, 3.05) is 32.0 Å². The first-order chi connectivity index (χ1) is 9.80. The minimum atomic E-state index is -3.48. The molecule has 124 valence electrons. The van der Waals surface area contributed by atoms with Crippen LogP contribution in [0.5, 0.6) is 0 Å². The Morgan fingerprint density at radius 3 is 2.76 bits per heavy atom. The molecule has 1 aliphatic heterocycles. The average Bonchev–Trinajstić information content (AvgIpc) is 2.39. The van der Waals surface area contributed by atoms with Crippen molar-refractivity contribution in [3.8, 4) is 0 Å². The summed E-state index contributed by atoms with van der Waals surface area (Å²) in [5.41, 5.74) is 0. The molecule has 0 spiro atoms. The predicted molar refractivity (Wildman–Crippen MR) is 81.5 cm³/mol. The summed E-state index contributed by atoms with van der Waals surface area (Å²) in [5, 5.41) is 6.07. The van der Waals surface area contributed by atoms with Gasteiger partial charge in [0, 0.05) is 12.6 Å². The monoisotopic (exact) mass is 321 g/mol. The Labute approximate surface area is 127 Å². The van der Waals surface area contributed by atoms with Crippen LogP contribution in [0.2, 0.25) is 0 Å². The van der Waals surface area contributed by atoms with Crippen LogP contribution in [0, 0.1) is 5.92 Å². The highest BCUT2D eigenvalue weighted by molar-refractivity contribution is 7.89. The zero-order chi connectivity index (χ0) is 15.9. The molecule has 0 aromatic rings. The molecule has 0 saturated carbocycles. The molecule has 2 unspecified atom stereocenters. The van der Waals surface area contributed by atoms with Crippen LogP contribution in [0.4, 0.5) is 0 Å². The van der Waals surface area contributed by atoms with Gasteiger partial charge in [0.05, 0.1) is 25.0 Å². The number of hydrogen-bond donors (Lipinski definition) is 3. The van der Waals surface area contributed by atoms with Crippen molar-refractivity contribution < 1.29 is 17.9 Å². The molecule has 0 aromatic carbocycles. The van der Waals surface area contributed by atoms with E-state index in [9.17, 15) is 13.2 Å². The Bertz CT molecular complexity index is 425. The highest BCUT2D eigenvalue weighted by atomic mass is 32.2. The van der Waals surface area contributed by atoms with Crippen LogP contribution in [0.15, 0.2) is 0 Å². The second-order valence-corrected chi connectivity index (χ2v) is 7.63. The van der Waals surface area contributed by atoms with Crippen molar-refractivity contribution in [1.29, 1.82) is 0 Å². The van der Waals surface area contributed by atoms with Crippen molar-refractivity contribution in [3.05, 3.63) is 0 Å². The van der Waals surface area contributed by atoms with E-state index in [0.29, 0.717) is 5.92 Å². The Morgan fingerprint density at radius 1 is 1.43 bits per heavy atom. The van der Waals surface area contributed by atoms with Crippen LogP contribution in [-0.4, -0.2) is 58.5 Å². The maximum Gasteiger partial charge on any atom is 0.235 e. The van der Waals surface area contributed by atoms with Gasteiger partial charge in [-0.25, -0.2) is 13.1 Å². The lowest BCUT2D eigenvalue weighted by molar-refractivity contribution is -0.121. The highest BCUT2D eigenvalue weighted by Gasteiger charge is 2.23. The third kappa shape index (κ3) is 7.75. The molecule has 1 amide bonds. The summed E-state index contributed by atoms with van der Waals surface area (Å²) in [5.74, 6) is -0.0463. The standard InChI is InChI=1S/C13H27N3O4S/c1-10(2)20-6-7-21(18,19)15-9-13(17)16-12-8-14-5-4-11(12)3/h10-12,14-15H,4-9H2,1-3H3,(H,16,17). The fraction of sp³-hybridized carbons (Fsp3) is 0.923. The largest absolute Gasteiger partial charge is 0.378 e. The zero-order valence-corrected chi connectivity index (χ0v) is 13.8. The molecular formula is C13H27N3O4S. The first kappa shape index (κ1) is 18.3. The number of carbonyl (C=O) groups excluding carboxylic acids is 1. The quantitative estimate of drug-likeness (QED) is 0.557. The number of amides is 1. The number of ether oxygens (including phenoxy) is 1. The van der Waals surface area contributed by atoms with Crippen molar-refractivity contribution in [2.24, 2.45) is 5.92 Å². The van der Waals surface area contributed by atoms with E-state index in [0.717, 1.165) is 19.5 Å². The number of piperidine rings is 1. The molecule has 7 nitrogen and oxygen atoms in total. The molecule has 8 heteroatoms. The molecule has 1 saturated heterocycles. The van der Waals surface area contributed by atoms with E-state index in [1.807, 2.05) is 13.8 Å². The summed E-state index contributed by atoms with van der Waals surface area (Å²) in [6.45, 7) is 7.34. The van der Waals surface area contributed by atoms with Crippen molar-refractivity contribution >= 4 is 15.9 Å². The molecule has 0 radical (unpaired) electrons. The van der Waals surface area contributed by atoms with Gasteiger partial charge < -0.3 is 15.4 Å². The highest BCUT2D eigenvalue weighted by Crippen LogP contribution is 2.10. The number of nitrogens with one attached hydrogen (secondary N) is 3.